The zero-order valence-corrected chi connectivity index (χ0v) is 9.55. The van der Waals surface area contributed by atoms with Crippen LogP contribution >= 0.6 is 15.9 Å². The number of benzene rings is 1. The average molecular weight is 272 g/mol. The largest absolute Gasteiger partial charge is 0.287 e. The number of fused-ring (bicyclic) bond motifs is 1. The van der Waals surface area contributed by atoms with Crippen LogP contribution in [0.15, 0.2) is 34.9 Å². The van der Waals surface area contributed by atoms with Crippen molar-refractivity contribution in [2.75, 3.05) is 0 Å². The predicted molar refractivity (Wildman–Crippen MR) is 59.0 cm³/mol. The molecule has 0 unspecified atom stereocenters. The Morgan fingerprint density at radius 2 is 2.00 bits per heavy atom. The number of halogens is 3. The van der Waals surface area contributed by atoms with Crippen LogP contribution in [-0.4, -0.2) is 4.98 Å². The third-order valence-corrected chi connectivity index (χ3v) is 2.64. The van der Waals surface area contributed by atoms with Gasteiger partial charge >= 0.3 is 0 Å². The molecule has 78 valence electrons. The highest BCUT2D eigenvalue weighted by Crippen LogP contribution is 2.32. The summed E-state index contributed by atoms with van der Waals surface area (Å²) in [5.74, 6) is -2.91. The monoisotopic (exact) mass is 271 g/mol. The van der Waals surface area contributed by atoms with Crippen molar-refractivity contribution in [3.05, 3.63) is 40.6 Å². The molecule has 0 aliphatic heterocycles. The molecule has 1 aromatic carbocycles. The predicted octanol–water partition coefficient (Wildman–Crippen LogP) is 4.11. The van der Waals surface area contributed by atoms with Crippen molar-refractivity contribution in [3.63, 3.8) is 0 Å². The fourth-order valence-electron chi connectivity index (χ4n) is 1.50. The van der Waals surface area contributed by atoms with Gasteiger partial charge in [-0.2, -0.15) is 8.78 Å². The summed E-state index contributed by atoms with van der Waals surface area (Å²) >= 11 is 3.30. The minimum absolute atomic E-state index is 0.174. The second-order valence-corrected chi connectivity index (χ2v) is 4.33. The summed E-state index contributed by atoms with van der Waals surface area (Å²) in [6.45, 7) is 0.858. The molecule has 0 aliphatic rings. The first-order valence-corrected chi connectivity index (χ1v) is 5.20. The van der Waals surface area contributed by atoms with Gasteiger partial charge in [0.05, 0.1) is 0 Å². The second kappa shape index (κ2) is 3.52. The molecular formula is C11H8BrF2N. The SMILES string of the molecule is CC(F)(F)c1nccc2cc(Br)ccc12. The van der Waals surface area contributed by atoms with Crippen LogP contribution < -0.4 is 0 Å². The molecule has 4 heteroatoms. The number of aromatic nitrogens is 1. The Labute approximate surface area is 94.3 Å². The summed E-state index contributed by atoms with van der Waals surface area (Å²) in [6.07, 6.45) is 1.40. The molecule has 1 aromatic heterocycles. The van der Waals surface area contributed by atoms with Gasteiger partial charge in [0.2, 0.25) is 0 Å². The number of hydrogen-bond acceptors (Lipinski definition) is 1. The molecule has 1 nitrogen and oxygen atoms in total. The van der Waals surface area contributed by atoms with Crippen LogP contribution in [0.25, 0.3) is 10.8 Å². The van der Waals surface area contributed by atoms with Gasteiger partial charge in [0.15, 0.2) is 0 Å². The lowest BCUT2D eigenvalue weighted by Gasteiger charge is -2.12. The maximum Gasteiger partial charge on any atom is 0.287 e. The molecule has 0 spiro atoms. The van der Waals surface area contributed by atoms with E-state index < -0.39 is 5.92 Å². The van der Waals surface area contributed by atoms with Gasteiger partial charge in [-0.1, -0.05) is 22.0 Å². The Kier molecular flexibility index (Phi) is 2.46. The summed E-state index contributed by atoms with van der Waals surface area (Å²) in [4.78, 5) is 3.74. The molecule has 2 rings (SSSR count). The van der Waals surface area contributed by atoms with Crippen molar-refractivity contribution in [2.45, 2.75) is 12.8 Å². The molecule has 0 amide bonds. The maximum atomic E-state index is 13.2. The average Bonchev–Trinajstić information content (AvgIpc) is 2.15. The minimum atomic E-state index is -2.91. The molecule has 15 heavy (non-hydrogen) atoms. The van der Waals surface area contributed by atoms with Crippen LogP contribution in [-0.2, 0) is 5.92 Å². The molecule has 0 saturated heterocycles. The molecule has 0 saturated carbocycles. The van der Waals surface area contributed by atoms with E-state index in [2.05, 4.69) is 20.9 Å². The van der Waals surface area contributed by atoms with Gasteiger partial charge in [-0.05, 0) is 23.6 Å². The quantitative estimate of drug-likeness (QED) is 0.761. The van der Waals surface area contributed by atoms with Crippen LogP contribution in [0.5, 0.6) is 0 Å². The topological polar surface area (TPSA) is 12.9 Å². The summed E-state index contributed by atoms with van der Waals surface area (Å²) in [5, 5.41) is 1.25. The molecule has 2 aromatic rings. The van der Waals surface area contributed by atoms with E-state index >= 15 is 0 Å². The van der Waals surface area contributed by atoms with Crippen LogP contribution in [0.1, 0.15) is 12.6 Å². The van der Waals surface area contributed by atoms with Gasteiger partial charge in [-0.25, -0.2) is 0 Å². The van der Waals surface area contributed by atoms with Crippen LogP contribution in [0.2, 0.25) is 0 Å². The Morgan fingerprint density at radius 3 is 2.67 bits per heavy atom. The van der Waals surface area contributed by atoms with E-state index in [1.807, 2.05) is 0 Å². The smallest absolute Gasteiger partial charge is 0.254 e. The van der Waals surface area contributed by atoms with Crippen molar-refractivity contribution in [1.29, 1.82) is 0 Å². The van der Waals surface area contributed by atoms with Crippen molar-refractivity contribution in [3.8, 4) is 0 Å². The highest BCUT2D eigenvalue weighted by molar-refractivity contribution is 9.10. The van der Waals surface area contributed by atoms with Gasteiger partial charge in [-0.15, -0.1) is 0 Å². The lowest BCUT2D eigenvalue weighted by atomic mass is 10.1. The van der Waals surface area contributed by atoms with E-state index in [1.165, 1.54) is 6.20 Å². The molecule has 0 aliphatic carbocycles. The first-order valence-electron chi connectivity index (χ1n) is 4.41. The van der Waals surface area contributed by atoms with Gasteiger partial charge in [0, 0.05) is 23.0 Å². The summed E-state index contributed by atoms with van der Waals surface area (Å²) in [5.41, 5.74) is -0.174. The molecule has 0 bridgehead atoms. The van der Waals surface area contributed by atoms with Gasteiger partial charge in [0.1, 0.15) is 5.69 Å². The normalized spacial score (nSPS) is 12.0. The fourth-order valence-corrected chi connectivity index (χ4v) is 1.88. The Bertz CT molecular complexity index is 505. The number of nitrogens with zero attached hydrogens (tertiary/aromatic N) is 1. The van der Waals surface area contributed by atoms with E-state index in [0.29, 0.717) is 5.39 Å². The summed E-state index contributed by atoms with van der Waals surface area (Å²) < 4.78 is 27.3. The van der Waals surface area contributed by atoms with Crippen LogP contribution in [0.3, 0.4) is 0 Å². The summed E-state index contributed by atoms with van der Waals surface area (Å²) in [7, 11) is 0. The molecule has 0 fully saturated rings. The number of rotatable bonds is 1. The highest BCUT2D eigenvalue weighted by Gasteiger charge is 2.28. The van der Waals surface area contributed by atoms with Crippen molar-refractivity contribution < 1.29 is 8.78 Å². The van der Waals surface area contributed by atoms with Crippen molar-refractivity contribution >= 4 is 26.7 Å². The van der Waals surface area contributed by atoms with Gasteiger partial charge < -0.3 is 0 Å². The third-order valence-electron chi connectivity index (χ3n) is 2.14. The van der Waals surface area contributed by atoms with E-state index in [-0.39, 0.29) is 5.69 Å². The summed E-state index contributed by atoms with van der Waals surface area (Å²) in [6, 6.07) is 6.90. The first kappa shape index (κ1) is 10.5. The first-order chi connectivity index (χ1) is 6.98. The van der Waals surface area contributed by atoms with Crippen molar-refractivity contribution in [1.82, 2.24) is 4.98 Å². The van der Waals surface area contributed by atoms with Gasteiger partial charge in [0.25, 0.3) is 5.92 Å². The number of hydrogen-bond donors (Lipinski definition) is 0. The Balaban J connectivity index is 2.77. The minimum Gasteiger partial charge on any atom is -0.254 e. The standard InChI is InChI=1S/C11H8BrF2N/c1-11(13,14)10-9-3-2-8(12)6-7(9)4-5-15-10/h2-6H,1H3. The molecule has 0 N–H and O–H groups in total. The molecule has 0 radical (unpaired) electrons. The van der Waals surface area contributed by atoms with Crippen LogP contribution in [0.4, 0.5) is 8.78 Å². The highest BCUT2D eigenvalue weighted by atomic mass is 79.9. The van der Waals surface area contributed by atoms with E-state index in [1.54, 1.807) is 24.3 Å². The third kappa shape index (κ3) is 2.00. The fraction of sp³-hybridized carbons (Fsp3) is 0.182. The number of alkyl halides is 2. The molecule has 0 atom stereocenters. The van der Waals surface area contributed by atoms with Gasteiger partial charge in [-0.3, -0.25) is 4.98 Å². The Morgan fingerprint density at radius 1 is 1.27 bits per heavy atom. The Hall–Kier alpha value is -1.03. The van der Waals surface area contributed by atoms with E-state index in [0.717, 1.165) is 16.8 Å². The zero-order chi connectivity index (χ0) is 11.1. The lowest BCUT2D eigenvalue weighted by molar-refractivity contribution is 0.0145. The number of pyridine rings is 1. The van der Waals surface area contributed by atoms with Crippen LogP contribution in [0, 0.1) is 0 Å². The molecular weight excluding hydrogens is 264 g/mol. The van der Waals surface area contributed by atoms with E-state index in [4.69, 9.17) is 0 Å². The van der Waals surface area contributed by atoms with Crippen molar-refractivity contribution in [2.24, 2.45) is 0 Å². The molecule has 1 heterocycles. The maximum absolute atomic E-state index is 13.2. The lowest BCUT2D eigenvalue weighted by Crippen LogP contribution is -2.10. The second-order valence-electron chi connectivity index (χ2n) is 3.41. The van der Waals surface area contributed by atoms with E-state index in [9.17, 15) is 8.78 Å². The zero-order valence-electron chi connectivity index (χ0n) is 7.97.